The maximum Gasteiger partial charge on any atom is 0.164 e. The van der Waals surface area contributed by atoms with E-state index in [0.717, 1.165) is 14.5 Å². The SMILES string of the molecule is O=C(CC1CCCCC1)c1ccc(Br)cc1Br. The molecule has 0 spiro atoms. The molecule has 0 saturated heterocycles. The van der Waals surface area contributed by atoms with Crippen molar-refractivity contribution in [1.82, 2.24) is 0 Å². The smallest absolute Gasteiger partial charge is 0.164 e. The lowest BCUT2D eigenvalue weighted by Gasteiger charge is -2.20. The third kappa shape index (κ3) is 3.65. The zero-order valence-corrected chi connectivity index (χ0v) is 12.9. The summed E-state index contributed by atoms with van der Waals surface area (Å²) in [7, 11) is 0. The molecular formula is C14H16Br2O. The molecule has 1 aromatic rings. The molecule has 0 heterocycles. The number of rotatable bonds is 3. The van der Waals surface area contributed by atoms with Crippen molar-refractivity contribution in [1.29, 1.82) is 0 Å². The number of halogens is 2. The normalized spacial score (nSPS) is 17.1. The van der Waals surface area contributed by atoms with Crippen LogP contribution in [-0.4, -0.2) is 5.78 Å². The minimum atomic E-state index is 0.274. The van der Waals surface area contributed by atoms with Gasteiger partial charge in [-0.1, -0.05) is 64.0 Å². The van der Waals surface area contributed by atoms with E-state index in [1.807, 2.05) is 18.2 Å². The van der Waals surface area contributed by atoms with Gasteiger partial charge in [-0.25, -0.2) is 0 Å². The van der Waals surface area contributed by atoms with Gasteiger partial charge in [0.05, 0.1) is 0 Å². The van der Waals surface area contributed by atoms with Crippen molar-refractivity contribution in [2.24, 2.45) is 5.92 Å². The van der Waals surface area contributed by atoms with E-state index in [0.29, 0.717) is 12.3 Å². The molecule has 0 aliphatic heterocycles. The van der Waals surface area contributed by atoms with Gasteiger partial charge in [0.1, 0.15) is 0 Å². The van der Waals surface area contributed by atoms with E-state index in [2.05, 4.69) is 31.9 Å². The largest absolute Gasteiger partial charge is 0.294 e. The first-order valence-corrected chi connectivity index (χ1v) is 7.73. The van der Waals surface area contributed by atoms with E-state index in [1.54, 1.807) is 0 Å². The first kappa shape index (κ1) is 13.3. The van der Waals surface area contributed by atoms with Crippen molar-refractivity contribution in [3.63, 3.8) is 0 Å². The molecule has 1 fully saturated rings. The van der Waals surface area contributed by atoms with E-state index in [-0.39, 0.29) is 5.78 Å². The third-order valence-corrected chi connectivity index (χ3v) is 4.58. The van der Waals surface area contributed by atoms with Crippen LogP contribution in [0.5, 0.6) is 0 Å². The van der Waals surface area contributed by atoms with Crippen molar-refractivity contribution in [2.75, 3.05) is 0 Å². The molecule has 0 N–H and O–H groups in total. The van der Waals surface area contributed by atoms with Crippen LogP contribution in [0.4, 0.5) is 0 Å². The van der Waals surface area contributed by atoms with Gasteiger partial charge in [0.25, 0.3) is 0 Å². The molecule has 2 rings (SSSR count). The van der Waals surface area contributed by atoms with Crippen molar-refractivity contribution in [3.05, 3.63) is 32.7 Å². The highest BCUT2D eigenvalue weighted by molar-refractivity contribution is 9.11. The van der Waals surface area contributed by atoms with Gasteiger partial charge in [-0.2, -0.15) is 0 Å². The van der Waals surface area contributed by atoms with E-state index < -0.39 is 0 Å². The van der Waals surface area contributed by atoms with E-state index in [4.69, 9.17) is 0 Å². The molecule has 92 valence electrons. The number of Topliss-reactive ketones (excluding diaryl/α,β-unsaturated/α-hetero) is 1. The van der Waals surface area contributed by atoms with E-state index in [1.165, 1.54) is 32.1 Å². The number of carbonyl (C=O) groups is 1. The second kappa shape index (κ2) is 6.14. The Labute approximate surface area is 119 Å². The second-order valence-electron chi connectivity index (χ2n) is 4.76. The van der Waals surface area contributed by atoms with Crippen LogP contribution in [-0.2, 0) is 0 Å². The summed E-state index contributed by atoms with van der Waals surface area (Å²) in [4.78, 5) is 12.2. The Morgan fingerprint density at radius 3 is 2.53 bits per heavy atom. The van der Waals surface area contributed by atoms with E-state index in [9.17, 15) is 4.79 Å². The quantitative estimate of drug-likeness (QED) is 0.663. The Kier molecular flexibility index (Phi) is 4.80. The summed E-state index contributed by atoms with van der Waals surface area (Å²) >= 11 is 6.86. The molecule has 1 saturated carbocycles. The van der Waals surface area contributed by atoms with Gasteiger partial charge in [-0.05, 0) is 24.1 Å². The lowest BCUT2D eigenvalue weighted by atomic mass is 9.85. The molecule has 0 bridgehead atoms. The zero-order valence-electron chi connectivity index (χ0n) is 9.72. The van der Waals surface area contributed by atoms with Gasteiger partial charge in [0.15, 0.2) is 5.78 Å². The minimum absolute atomic E-state index is 0.274. The van der Waals surface area contributed by atoms with Gasteiger partial charge in [-0.3, -0.25) is 4.79 Å². The zero-order chi connectivity index (χ0) is 12.3. The highest BCUT2D eigenvalue weighted by atomic mass is 79.9. The maximum absolute atomic E-state index is 12.2. The second-order valence-corrected chi connectivity index (χ2v) is 6.53. The molecule has 1 aliphatic carbocycles. The third-order valence-electron chi connectivity index (χ3n) is 3.43. The lowest BCUT2D eigenvalue weighted by Crippen LogP contribution is -2.12. The predicted molar refractivity (Wildman–Crippen MR) is 77.4 cm³/mol. The summed E-state index contributed by atoms with van der Waals surface area (Å²) in [6.07, 6.45) is 7.07. The Morgan fingerprint density at radius 2 is 1.88 bits per heavy atom. The molecule has 0 radical (unpaired) electrons. The van der Waals surface area contributed by atoms with Crippen LogP contribution in [0.3, 0.4) is 0 Å². The molecular weight excluding hydrogens is 344 g/mol. The van der Waals surface area contributed by atoms with Crippen LogP contribution >= 0.6 is 31.9 Å². The fourth-order valence-electron chi connectivity index (χ4n) is 2.48. The average Bonchev–Trinajstić information content (AvgIpc) is 2.30. The van der Waals surface area contributed by atoms with E-state index >= 15 is 0 Å². The molecule has 17 heavy (non-hydrogen) atoms. The van der Waals surface area contributed by atoms with Crippen molar-refractivity contribution < 1.29 is 4.79 Å². The molecule has 3 heteroatoms. The van der Waals surface area contributed by atoms with Crippen molar-refractivity contribution >= 4 is 37.6 Å². The summed E-state index contributed by atoms with van der Waals surface area (Å²) in [5.74, 6) is 0.878. The van der Waals surface area contributed by atoms with Crippen LogP contribution in [0.2, 0.25) is 0 Å². The molecule has 0 atom stereocenters. The van der Waals surface area contributed by atoms with Gasteiger partial charge < -0.3 is 0 Å². The highest BCUT2D eigenvalue weighted by Crippen LogP contribution is 2.29. The minimum Gasteiger partial charge on any atom is -0.294 e. The van der Waals surface area contributed by atoms with Crippen LogP contribution in [0.25, 0.3) is 0 Å². The molecule has 1 aliphatic rings. The van der Waals surface area contributed by atoms with Crippen LogP contribution in [0.15, 0.2) is 27.1 Å². The van der Waals surface area contributed by atoms with Crippen LogP contribution in [0, 0.1) is 5.92 Å². The standard InChI is InChI=1S/C14H16Br2O/c15-11-6-7-12(13(16)9-11)14(17)8-10-4-2-1-3-5-10/h6-7,9-10H,1-5,8H2. The monoisotopic (exact) mass is 358 g/mol. The average molecular weight is 360 g/mol. The number of hydrogen-bond acceptors (Lipinski definition) is 1. The summed E-state index contributed by atoms with van der Waals surface area (Å²) in [6, 6.07) is 5.77. The first-order chi connectivity index (χ1) is 8.16. The molecule has 1 aromatic carbocycles. The summed E-state index contributed by atoms with van der Waals surface area (Å²) in [6.45, 7) is 0. The number of carbonyl (C=O) groups excluding carboxylic acids is 1. The molecule has 0 unspecified atom stereocenters. The molecule has 0 amide bonds. The number of ketones is 1. The predicted octanol–water partition coefficient (Wildman–Crippen LogP) is 5.36. The fraction of sp³-hybridized carbons (Fsp3) is 0.500. The van der Waals surface area contributed by atoms with Crippen LogP contribution < -0.4 is 0 Å². The summed E-state index contributed by atoms with van der Waals surface area (Å²) < 4.78 is 1.89. The fourth-order valence-corrected chi connectivity index (χ4v) is 3.75. The number of benzene rings is 1. The van der Waals surface area contributed by atoms with Crippen molar-refractivity contribution in [2.45, 2.75) is 38.5 Å². The van der Waals surface area contributed by atoms with Gasteiger partial charge in [-0.15, -0.1) is 0 Å². The van der Waals surface area contributed by atoms with Crippen molar-refractivity contribution in [3.8, 4) is 0 Å². The Balaban J connectivity index is 2.03. The first-order valence-electron chi connectivity index (χ1n) is 6.15. The highest BCUT2D eigenvalue weighted by Gasteiger charge is 2.19. The Morgan fingerprint density at radius 1 is 1.18 bits per heavy atom. The van der Waals surface area contributed by atoms with Gasteiger partial charge in [0, 0.05) is 20.9 Å². The molecule has 0 aromatic heterocycles. The van der Waals surface area contributed by atoms with Gasteiger partial charge in [0.2, 0.25) is 0 Å². The topological polar surface area (TPSA) is 17.1 Å². The lowest BCUT2D eigenvalue weighted by molar-refractivity contribution is 0.0949. The Hall–Kier alpha value is -0.150. The summed E-state index contributed by atoms with van der Waals surface area (Å²) in [5, 5.41) is 0. The van der Waals surface area contributed by atoms with Gasteiger partial charge >= 0.3 is 0 Å². The molecule has 1 nitrogen and oxygen atoms in total. The number of hydrogen-bond donors (Lipinski definition) is 0. The summed E-state index contributed by atoms with van der Waals surface area (Å²) in [5.41, 5.74) is 0.818. The van der Waals surface area contributed by atoms with Crippen LogP contribution in [0.1, 0.15) is 48.9 Å². The maximum atomic E-state index is 12.2. The Bertz CT molecular complexity index is 409.